The standard InChI is InChI=1S/C30H40N6O2S/c1-18-17-32-10-11-36(18)29(38)33-23-7-5-6-19(14-23)25(16-31)34-27(37)26-15-21-12-20-13-22(30(2,3)4)8-9-24(20)35-28(21)39-26/h5-7,12,14-15,18,22,25,32H,8-11,13,16-17,31H2,1-4H3,(H,33,38)(H,34,37)/t18-,22+,25+/m0/s1. The fraction of sp³-hybridized carbons (Fsp3) is 0.500. The van der Waals surface area contributed by atoms with Gasteiger partial charge in [0, 0.05) is 49.0 Å². The number of piperazine rings is 1. The van der Waals surface area contributed by atoms with Crippen LogP contribution < -0.4 is 21.7 Å². The predicted molar refractivity (Wildman–Crippen MR) is 158 cm³/mol. The number of nitrogens with one attached hydrogen (secondary N) is 3. The summed E-state index contributed by atoms with van der Waals surface area (Å²) in [7, 11) is 0. The van der Waals surface area contributed by atoms with E-state index < -0.39 is 0 Å². The lowest BCUT2D eigenvalue weighted by atomic mass is 9.71. The van der Waals surface area contributed by atoms with Crippen molar-refractivity contribution >= 4 is 39.2 Å². The molecule has 1 fully saturated rings. The molecule has 0 radical (unpaired) electrons. The molecule has 1 saturated heterocycles. The highest BCUT2D eigenvalue weighted by atomic mass is 32.1. The lowest BCUT2D eigenvalue weighted by Gasteiger charge is -2.34. The number of hydrogen-bond donors (Lipinski definition) is 4. The Morgan fingerprint density at radius 1 is 1.26 bits per heavy atom. The van der Waals surface area contributed by atoms with Crippen LogP contribution in [0, 0.1) is 11.3 Å². The summed E-state index contributed by atoms with van der Waals surface area (Å²) in [6.07, 6.45) is 3.18. The van der Waals surface area contributed by atoms with Gasteiger partial charge in [-0.25, -0.2) is 9.78 Å². The van der Waals surface area contributed by atoms with E-state index in [1.165, 1.54) is 22.6 Å². The maximum absolute atomic E-state index is 13.3. The molecule has 2 aromatic heterocycles. The molecule has 1 aliphatic heterocycles. The summed E-state index contributed by atoms with van der Waals surface area (Å²) in [5, 5.41) is 10.4. The monoisotopic (exact) mass is 548 g/mol. The van der Waals surface area contributed by atoms with Crippen molar-refractivity contribution in [3.8, 4) is 0 Å². The van der Waals surface area contributed by atoms with Gasteiger partial charge in [-0.2, -0.15) is 0 Å². The Kier molecular flexibility index (Phi) is 7.94. The van der Waals surface area contributed by atoms with Gasteiger partial charge in [-0.3, -0.25) is 4.79 Å². The number of nitrogens with zero attached hydrogens (tertiary/aromatic N) is 2. The predicted octanol–water partition coefficient (Wildman–Crippen LogP) is 4.70. The number of aryl methyl sites for hydroxylation is 1. The van der Waals surface area contributed by atoms with Crippen LogP contribution in [-0.2, 0) is 12.8 Å². The van der Waals surface area contributed by atoms with Crippen molar-refractivity contribution in [2.24, 2.45) is 17.1 Å². The van der Waals surface area contributed by atoms with Crippen LogP contribution in [-0.4, -0.2) is 54.0 Å². The SMILES string of the molecule is C[C@H]1CNCCN1C(=O)Nc1cccc([C@@H](CN)NC(=O)c2cc3cc4c(nc3s2)CC[C@@H](C(C)(C)C)C4)c1. The highest BCUT2D eigenvalue weighted by Gasteiger charge is 2.30. The van der Waals surface area contributed by atoms with Crippen LogP contribution in [0.4, 0.5) is 10.5 Å². The van der Waals surface area contributed by atoms with E-state index in [1.807, 2.05) is 42.2 Å². The van der Waals surface area contributed by atoms with Gasteiger partial charge in [-0.15, -0.1) is 11.3 Å². The lowest BCUT2D eigenvalue weighted by molar-refractivity contribution is 0.0942. The smallest absolute Gasteiger partial charge is 0.322 e. The number of anilines is 1. The molecule has 9 heteroatoms. The first kappa shape index (κ1) is 27.6. The highest BCUT2D eigenvalue weighted by molar-refractivity contribution is 7.20. The summed E-state index contributed by atoms with van der Waals surface area (Å²) in [5.41, 5.74) is 10.4. The Bertz CT molecular complexity index is 1360. The van der Waals surface area contributed by atoms with Crippen LogP contribution in [0.25, 0.3) is 10.2 Å². The van der Waals surface area contributed by atoms with Crippen molar-refractivity contribution in [2.45, 2.75) is 59.0 Å². The zero-order valence-electron chi connectivity index (χ0n) is 23.3. The molecule has 0 spiro atoms. The number of benzene rings is 1. The molecule has 0 unspecified atom stereocenters. The molecule has 8 nitrogen and oxygen atoms in total. The second-order valence-electron chi connectivity index (χ2n) is 12.0. The highest BCUT2D eigenvalue weighted by Crippen LogP contribution is 2.38. The molecule has 0 saturated carbocycles. The van der Waals surface area contributed by atoms with E-state index in [1.54, 1.807) is 0 Å². The van der Waals surface area contributed by atoms with E-state index in [2.05, 4.69) is 42.8 Å². The fourth-order valence-corrected chi connectivity index (χ4v) is 6.59. The maximum Gasteiger partial charge on any atom is 0.322 e. The summed E-state index contributed by atoms with van der Waals surface area (Å²) in [4.78, 5) is 34.4. The summed E-state index contributed by atoms with van der Waals surface area (Å²) in [5.74, 6) is 0.472. The molecule has 1 aliphatic carbocycles. The average Bonchev–Trinajstić information content (AvgIpc) is 3.32. The number of carbonyl (C=O) groups excluding carboxylic acids is 2. The molecule has 39 heavy (non-hydrogen) atoms. The van der Waals surface area contributed by atoms with E-state index in [4.69, 9.17) is 10.7 Å². The largest absolute Gasteiger partial charge is 0.343 e. The van der Waals surface area contributed by atoms with Crippen molar-refractivity contribution in [1.82, 2.24) is 20.5 Å². The second-order valence-corrected chi connectivity index (χ2v) is 13.0. The van der Waals surface area contributed by atoms with Gasteiger partial charge in [-0.1, -0.05) is 32.9 Å². The number of nitrogens with two attached hydrogens (primary N) is 1. The number of fused-ring (bicyclic) bond motifs is 2. The summed E-state index contributed by atoms with van der Waals surface area (Å²) in [6, 6.07) is 11.3. The van der Waals surface area contributed by atoms with Gasteiger partial charge in [-0.05, 0) is 72.9 Å². The summed E-state index contributed by atoms with van der Waals surface area (Å²) >= 11 is 1.43. The van der Waals surface area contributed by atoms with E-state index >= 15 is 0 Å². The van der Waals surface area contributed by atoms with Crippen molar-refractivity contribution in [3.63, 3.8) is 0 Å². The first-order valence-electron chi connectivity index (χ1n) is 13.9. The van der Waals surface area contributed by atoms with E-state index in [9.17, 15) is 9.59 Å². The van der Waals surface area contributed by atoms with Crippen LogP contribution in [0.5, 0.6) is 0 Å². The number of pyridine rings is 1. The Morgan fingerprint density at radius 3 is 2.82 bits per heavy atom. The van der Waals surface area contributed by atoms with Crippen molar-refractivity contribution < 1.29 is 9.59 Å². The van der Waals surface area contributed by atoms with Crippen molar-refractivity contribution in [2.75, 3.05) is 31.5 Å². The zero-order valence-corrected chi connectivity index (χ0v) is 24.2. The molecular formula is C30H40N6O2S. The first-order valence-corrected chi connectivity index (χ1v) is 14.8. The molecular weight excluding hydrogens is 508 g/mol. The zero-order chi connectivity index (χ0) is 27.7. The number of amides is 3. The number of thiophene rings is 1. The molecule has 3 heterocycles. The minimum absolute atomic E-state index is 0.122. The van der Waals surface area contributed by atoms with E-state index in [0.717, 1.165) is 48.1 Å². The summed E-state index contributed by atoms with van der Waals surface area (Å²) < 4.78 is 0. The molecule has 5 rings (SSSR count). The van der Waals surface area contributed by atoms with E-state index in [-0.39, 0.29) is 36.0 Å². The molecule has 0 bridgehead atoms. The lowest BCUT2D eigenvalue weighted by Crippen LogP contribution is -2.53. The fourth-order valence-electron chi connectivity index (χ4n) is 5.65. The summed E-state index contributed by atoms with van der Waals surface area (Å²) in [6.45, 7) is 11.4. The molecule has 3 aromatic rings. The third-order valence-corrected chi connectivity index (χ3v) is 9.21. The van der Waals surface area contributed by atoms with Crippen LogP contribution in [0.3, 0.4) is 0 Å². The Balaban J connectivity index is 1.29. The maximum atomic E-state index is 13.3. The van der Waals surface area contributed by atoms with Crippen LogP contribution in [0.2, 0.25) is 0 Å². The molecule has 208 valence electrons. The van der Waals surface area contributed by atoms with Crippen LogP contribution in [0.15, 0.2) is 36.4 Å². The topological polar surface area (TPSA) is 112 Å². The molecule has 1 aromatic carbocycles. The Labute approximate surface area is 234 Å². The quantitative estimate of drug-likeness (QED) is 0.369. The first-order chi connectivity index (χ1) is 18.6. The Hall–Kier alpha value is -3.01. The molecule has 2 aliphatic rings. The van der Waals surface area contributed by atoms with Gasteiger partial charge < -0.3 is 26.6 Å². The van der Waals surface area contributed by atoms with Gasteiger partial charge >= 0.3 is 6.03 Å². The number of carbonyl (C=O) groups is 2. The van der Waals surface area contributed by atoms with E-state index in [0.29, 0.717) is 23.0 Å². The molecule has 3 amide bonds. The third-order valence-electron chi connectivity index (χ3n) is 8.16. The average molecular weight is 549 g/mol. The van der Waals surface area contributed by atoms with Gasteiger partial charge in [0.1, 0.15) is 4.83 Å². The van der Waals surface area contributed by atoms with Crippen molar-refractivity contribution in [1.29, 1.82) is 0 Å². The minimum atomic E-state index is -0.383. The van der Waals surface area contributed by atoms with Crippen LogP contribution in [0.1, 0.15) is 66.7 Å². The number of rotatable bonds is 5. The Morgan fingerprint density at radius 2 is 2.08 bits per heavy atom. The van der Waals surface area contributed by atoms with Gasteiger partial charge in [0.2, 0.25) is 0 Å². The normalized spacial score (nSPS) is 20.4. The number of aromatic nitrogens is 1. The van der Waals surface area contributed by atoms with Gasteiger partial charge in [0.05, 0.1) is 10.9 Å². The second kappa shape index (κ2) is 11.2. The third kappa shape index (κ3) is 6.10. The number of hydrogen-bond acceptors (Lipinski definition) is 6. The van der Waals surface area contributed by atoms with Crippen LogP contribution >= 0.6 is 11.3 Å². The van der Waals surface area contributed by atoms with Gasteiger partial charge in [0.25, 0.3) is 5.91 Å². The van der Waals surface area contributed by atoms with Gasteiger partial charge in [0.15, 0.2) is 0 Å². The minimum Gasteiger partial charge on any atom is -0.343 e. The number of urea groups is 1. The van der Waals surface area contributed by atoms with Crippen molar-refractivity contribution in [3.05, 3.63) is 58.1 Å². The molecule has 5 N–H and O–H groups in total. The molecule has 3 atom stereocenters.